The number of ether oxygens (including phenoxy) is 1. The molecule has 2 aromatic carbocycles. The summed E-state index contributed by atoms with van der Waals surface area (Å²) in [6.45, 7) is 3.30. The van der Waals surface area contributed by atoms with E-state index >= 15 is 0 Å². The number of amides is 1. The summed E-state index contributed by atoms with van der Waals surface area (Å²) in [5.41, 5.74) is 14.9. The Labute approximate surface area is 194 Å². The van der Waals surface area contributed by atoms with Crippen LogP contribution in [0.1, 0.15) is 40.4 Å². The summed E-state index contributed by atoms with van der Waals surface area (Å²) in [7, 11) is 0. The van der Waals surface area contributed by atoms with Gasteiger partial charge < -0.3 is 21.5 Å². The minimum atomic E-state index is -0.683. The number of aromatic nitrogens is 1. The van der Waals surface area contributed by atoms with Crippen molar-refractivity contribution >= 4 is 34.9 Å². The van der Waals surface area contributed by atoms with Crippen molar-refractivity contribution in [1.82, 2.24) is 10.3 Å². The van der Waals surface area contributed by atoms with Gasteiger partial charge in [0.2, 0.25) is 5.91 Å². The van der Waals surface area contributed by atoms with E-state index in [9.17, 15) is 9.18 Å². The molecule has 5 N–H and O–H groups in total. The Morgan fingerprint density at radius 1 is 1.25 bits per heavy atom. The van der Waals surface area contributed by atoms with Crippen molar-refractivity contribution in [3.8, 4) is 16.9 Å². The summed E-state index contributed by atoms with van der Waals surface area (Å²) in [5.74, 6) is -0.347. The zero-order chi connectivity index (χ0) is 23.0. The Balaban J connectivity index is 1.71. The number of nitrogens with two attached hydrogens (primary N) is 2. The number of anilines is 1. The van der Waals surface area contributed by atoms with Crippen LogP contribution >= 0.6 is 23.2 Å². The van der Waals surface area contributed by atoms with Gasteiger partial charge in [-0.05, 0) is 48.4 Å². The van der Waals surface area contributed by atoms with E-state index in [0.717, 1.165) is 29.8 Å². The van der Waals surface area contributed by atoms with Crippen LogP contribution in [0.2, 0.25) is 10.0 Å². The lowest BCUT2D eigenvalue weighted by atomic mass is 9.86. The third-order valence-electron chi connectivity index (χ3n) is 5.54. The molecular weight excluding hydrogens is 454 g/mol. The van der Waals surface area contributed by atoms with E-state index in [4.69, 9.17) is 39.4 Å². The molecule has 0 spiro atoms. The molecule has 0 aliphatic carbocycles. The Kier molecular flexibility index (Phi) is 6.24. The van der Waals surface area contributed by atoms with Crippen LogP contribution < -0.4 is 21.5 Å². The van der Waals surface area contributed by atoms with Gasteiger partial charge >= 0.3 is 0 Å². The summed E-state index contributed by atoms with van der Waals surface area (Å²) < 4.78 is 20.0. The highest BCUT2D eigenvalue weighted by Gasteiger charge is 2.25. The van der Waals surface area contributed by atoms with Gasteiger partial charge in [-0.15, -0.1) is 0 Å². The molecular formula is C23H21Cl2FN4O2. The zero-order valence-corrected chi connectivity index (χ0v) is 18.7. The molecule has 1 atom stereocenters. The fraction of sp³-hybridized carbons (Fsp3) is 0.217. The molecule has 2 heterocycles. The summed E-state index contributed by atoms with van der Waals surface area (Å²) in [5, 5.41) is 3.42. The third-order valence-corrected chi connectivity index (χ3v) is 6.25. The molecule has 3 aromatic rings. The van der Waals surface area contributed by atoms with Crippen LogP contribution in [0.25, 0.3) is 11.1 Å². The number of nitrogens with zero attached hydrogens (tertiary/aromatic N) is 1. The Bertz CT molecular complexity index is 1200. The van der Waals surface area contributed by atoms with Gasteiger partial charge in [0.05, 0.1) is 5.02 Å². The molecule has 0 saturated carbocycles. The van der Waals surface area contributed by atoms with Crippen LogP contribution in [0.15, 0.2) is 42.6 Å². The minimum absolute atomic E-state index is 0.102. The van der Waals surface area contributed by atoms with Crippen molar-refractivity contribution in [3.63, 3.8) is 0 Å². The first-order chi connectivity index (χ1) is 15.3. The highest BCUT2D eigenvalue weighted by molar-refractivity contribution is 6.36. The first-order valence-electron chi connectivity index (χ1n) is 9.96. The van der Waals surface area contributed by atoms with E-state index in [1.807, 2.05) is 12.1 Å². The van der Waals surface area contributed by atoms with Gasteiger partial charge in [0.15, 0.2) is 11.6 Å². The molecule has 4 rings (SSSR count). The summed E-state index contributed by atoms with van der Waals surface area (Å²) >= 11 is 12.3. The maximum atomic E-state index is 14.0. The van der Waals surface area contributed by atoms with Crippen LogP contribution in [-0.4, -0.2) is 24.0 Å². The van der Waals surface area contributed by atoms with Gasteiger partial charge in [0.1, 0.15) is 11.9 Å². The van der Waals surface area contributed by atoms with Crippen molar-refractivity contribution in [2.75, 3.05) is 18.8 Å². The van der Waals surface area contributed by atoms with E-state index in [-0.39, 0.29) is 21.8 Å². The van der Waals surface area contributed by atoms with Crippen LogP contribution in [0.3, 0.4) is 0 Å². The van der Waals surface area contributed by atoms with Gasteiger partial charge in [-0.2, -0.15) is 0 Å². The van der Waals surface area contributed by atoms with Crippen LogP contribution in [0, 0.1) is 5.82 Å². The normalized spacial score (nSPS) is 14.6. The average molecular weight is 475 g/mol. The molecule has 1 aromatic heterocycles. The third kappa shape index (κ3) is 4.24. The molecule has 166 valence electrons. The Morgan fingerprint density at radius 3 is 2.66 bits per heavy atom. The minimum Gasteiger partial charge on any atom is -0.482 e. The van der Waals surface area contributed by atoms with E-state index in [1.165, 1.54) is 12.1 Å². The van der Waals surface area contributed by atoms with Crippen LogP contribution in [0.5, 0.6) is 5.75 Å². The van der Waals surface area contributed by atoms with E-state index in [1.54, 1.807) is 25.3 Å². The molecule has 1 aliphatic rings. The van der Waals surface area contributed by atoms with E-state index in [0.29, 0.717) is 16.9 Å². The predicted molar refractivity (Wildman–Crippen MR) is 124 cm³/mol. The number of halogens is 3. The summed E-state index contributed by atoms with van der Waals surface area (Å²) in [4.78, 5) is 15.9. The number of hydrogen-bond acceptors (Lipinski definition) is 5. The number of carbonyl (C=O) groups is 1. The van der Waals surface area contributed by atoms with Crippen molar-refractivity contribution in [3.05, 3.63) is 75.1 Å². The fourth-order valence-corrected chi connectivity index (χ4v) is 4.36. The topological polar surface area (TPSA) is 103 Å². The number of hydrogen-bond donors (Lipinski definition) is 3. The number of carbonyl (C=O) groups excluding carboxylic acids is 1. The first-order valence-corrected chi connectivity index (χ1v) is 10.7. The summed E-state index contributed by atoms with van der Waals surface area (Å²) in [6.07, 6.45) is 0.960. The maximum Gasteiger partial charge on any atom is 0.248 e. The lowest BCUT2D eigenvalue weighted by Crippen LogP contribution is -2.40. The first kappa shape index (κ1) is 22.3. The molecule has 1 aliphatic heterocycles. The number of primary amides is 1. The van der Waals surface area contributed by atoms with Crippen molar-refractivity contribution in [2.24, 2.45) is 5.73 Å². The molecule has 1 unspecified atom stereocenters. The standard InChI is InChI=1S/C23H21Cl2FN4O2/c1-11(20-17(24)4-5-18(26)21(20)25)32-19-7-13(10-30-22(19)27)15-3-2-12(23(28)31)6-16(15)14-8-29-9-14/h2-7,10-11,14,29H,8-9H2,1H3,(H2,27,30)(H2,28,31). The molecule has 1 fully saturated rings. The van der Waals surface area contributed by atoms with Crippen molar-refractivity contribution in [1.29, 1.82) is 0 Å². The van der Waals surface area contributed by atoms with Gasteiger partial charge in [-0.3, -0.25) is 4.79 Å². The second-order valence-corrected chi connectivity index (χ2v) is 8.43. The molecule has 32 heavy (non-hydrogen) atoms. The fourth-order valence-electron chi connectivity index (χ4n) is 3.69. The number of benzene rings is 2. The molecule has 0 bridgehead atoms. The molecule has 1 saturated heterocycles. The smallest absolute Gasteiger partial charge is 0.248 e. The highest BCUT2D eigenvalue weighted by atomic mass is 35.5. The number of pyridine rings is 1. The largest absolute Gasteiger partial charge is 0.482 e. The second kappa shape index (κ2) is 8.94. The Hall–Kier alpha value is -2.87. The van der Waals surface area contributed by atoms with Crippen LogP contribution in [-0.2, 0) is 0 Å². The second-order valence-electron chi connectivity index (χ2n) is 7.65. The monoisotopic (exact) mass is 474 g/mol. The SMILES string of the molecule is CC(Oc1cc(-c2ccc(C(N)=O)cc2C2CNC2)cnc1N)c1c(Cl)ccc(F)c1Cl. The van der Waals surface area contributed by atoms with Gasteiger partial charge in [-0.25, -0.2) is 9.37 Å². The average Bonchev–Trinajstić information content (AvgIpc) is 2.71. The molecule has 1 amide bonds. The maximum absolute atomic E-state index is 14.0. The van der Waals surface area contributed by atoms with Gasteiger partial charge in [0.25, 0.3) is 0 Å². The van der Waals surface area contributed by atoms with Gasteiger partial charge in [0, 0.05) is 46.9 Å². The number of rotatable bonds is 6. The Morgan fingerprint density at radius 2 is 2.00 bits per heavy atom. The lowest BCUT2D eigenvalue weighted by Gasteiger charge is -2.30. The van der Waals surface area contributed by atoms with Gasteiger partial charge in [-0.1, -0.05) is 29.3 Å². The van der Waals surface area contributed by atoms with Crippen molar-refractivity contribution < 1.29 is 13.9 Å². The van der Waals surface area contributed by atoms with Crippen molar-refractivity contribution in [2.45, 2.75) is 18.9 Å². The highest BCUT2D eigenvalue weighted by Crippen LogP contribution is 2.38. The molecule has 6 nitrogen and oxygen atoms in total. The number of nitrogens with one attached hydrogen (secondary N) is 1. The zero-order valence-electron chi connectivity index (χ0n) is 17.2. The molecule has 0 radical (unpaired) electrons. The number of nitrogen functional groups attached to an aromatic ring is 1. The molecule has 9 heteroatoms. The van der Waals surface area contributed by atoms with E-state index < -0.39 is 17.8 Å². The van der Waals surface area contributed by atoms with E-state index in [2.05, 4.69) is 10.3 Å². The predicted octanol–water partition coefficient (Wildman–Crippen LogP) is 4.70. The lowest BCUT2D eigenvalue weighted by molar-refractivity contribution is 0.1000. The quantitative estimate of drug-likeness (QED) is 0.449. The summed E-state index contributed by atoms with van der Waals surface area (Å²) in [6, 6.07) is 9.72. The van der Waals surface area contributed by atoms with Crippen LogP contribution in [0.4, 0.5) is 10.2 Å².